The van der Waals surface area contributed by atoms with Gasteiger partial charge in [0.15, 0.2) is 0 Å². The van der Waals surface area contributed by atoms with Gasteiger partial charge in [0, 0.05) is 10.6 Å². The van der Waals surface area contributed by atoms with E-state index in [9.17, 15) is 5.02 Å². The maximum absolute atomic E-state index is 9.52. The molecule has 1 unspecified atom stereocenters. The Morgan fingerprint density at radius 3 is 2.93 bits per heavy atom. The Labute approximate surface area is 87.4 Å². The van der Waals surface area contributed by atoms with E-state index in [0.29, 0.717) is 16.0 Å². The molecule has 0 saturated heterocycles. The summed E-state index contributed by atoms with van der Waals surface area (Å²) in [7, 11) is -0.900. The van der Waals surface area contributed by atoms with Crippen LogP contribution in [-0.4, -0.2) is 17.2 Å². The van der Waals surface area contributed by atoms with E-state index in [1.807, 2.05) is 6.92 Å². The molecule has 1 aliphatic heterocycles. The summed E-state index contributed by atoms with van der Waals surface area (Å²) in [6, 6.07) is 3.39. The minimum absolute atomic E-state index is 0.136. The van der Waals surface area contributed by atoms with Gasteiger partial charge < -0.3 is 14.8 Å². The number of halogens is 1. The molecule has 0 radical (unpaired) electrons. The van der Waals surface area contributed by atoms with Crippen LogP contribution in [0.4, 0.5) is 0 Å². The van der Waals surface area contributed by atoms with Crippen LogP contribution < -0.4 is 5.46 Å². The van der Waals surface area contributed by atoms with Gasteiger partial charge in [0.05, 0.1) is 12.7 Å². The zero-order valence-electron chi connectivity index (χ0n) is 7.70. The van der Waals surface area contributed by atoms with Crippen LogP contribution in [0.5, 0.6) is 0 Å². The predicted molar refractivity (Wildman–Crippen MR) is 54.5 cm³/mol. The van der Waals surface area contributed by atoms with Gasteiger partial charge in [-0.2, -0.15) is 0 Å². The van der Waals surface area contributed by atoms with Gasteiger partial charge in [0.2, 0.25) is 0 Å². The highest BCUT2D eigenvalue weighted by Crippen LogP contribution is 2.30. The van der Waals surface area contributed by atoms with Crippen molar-refractivity contribution in [3.05, 3.63) is 28.3 Å². The molecule has 2 N–H and O–H groups in total. The number of hydrogen-bond donors (Lipinski definition) is 2. The maximum Gasteiger partial charge on any atom is 0.491 e. The lowest BCUT2D eigenvalue weighted by Crippen LogP contribution is -2.28. The first-order valence-corrected chi connectivity index (χ1v) is 4.78. The van der Waals surface area contributed by atoms with Gasteiger partial charge >= 0.3 is 7.12 Å². The van der Waals surface area contributed by atoms with E-state index in [1.165, 1.54) is 0 Å². The lowest BCUT2D eigenvalue weighted by atomic mass is 9.78. The third kappa shape index (κ3) is 1.35. The first-order chi connectivity index (χ1) is 6.65. The molecule has 1 aromatic carbocycles. The first-order valence-electron chi connectivity index (χ1n) is 4.40. The number of benzene rings is 1. The largest absolute Gasteiger partial charge is 0.491 e. The summed E-state index contributed by atoms with van der Waals surface area (Å²) >= 11 is 5.92. The van der Waals surface area contributed by atoms with Crippen LogP contribution >= 0.6 is 11.6 Å². The van der Waals surface area contributed by atoms with Crippen LogP contribution in [-0.2, 0) is 11.3 Å². The molecule has 0 fully saturated rings. The van der Waals surface area contributed by atoms with Gasteiger partial charge in [0.25, 0.3) is 0 Å². The van der Waals surface area contributed by atoms with Crippen molar-refractivity contribution < 1.29 is 14.8 Å². The highest BCUT2D eigenvalue weighted by molar-refractivity contribution is 6.62. The number of aliphatic hydroxyl groups excluding tert-OH is 1. The zero-order chi connectivity index (χ0) is 10.3. The third-order valence-electron chi connectivity index (χ3n) is 2.50. The second-order valence-electron chi connectivity index (χ2n) is 3.32. The Bertz CT molecular complexity index is 369. The van der Waals surface area contributed by atoms with Crippen LogP contribution in [0.2, 0.25) is 5.02 Å². The van der Waals surface area contributed by atoms with Crippen molar-refractivity contribution in [1.29, 1.82) is 0 Å². The number of fused-ring (bicyclic) bond motifs is 1. The van der Waals surface area contributed by atoms with Crippen LogP contribution in [0.25, 0.3) is 0 Å². The fraction of sp³-hybridized carbons (Fsp3) is 0.333. The fourth-order valence-electron chi connectivity index (χ4n) is 1.85. The zero-order valence-corrected chi connectivity index (χ0v) is 8.45. The molecule has 0 aromatic heterocycles. The average molecular weight is 212 g/mol. The normalized spacial score (nSPS) is 20.0. The molecular weight excluding hydrogens is 202 g/mol. The van der Waals surface area contributed by atoms with Crippen molar-refractivity contribution in [2.24, 2.45) is 0 Å². The molecule has 1 heterocycles. The Morgan fingerprint density at radius 2 is 2.29 bits per heavy atom. The molecule has 3 nitrogen and oxygen atoms in total. The SMILES string of the molecule is CC1OB(O)c2ccc(Cl)c(CO)c21. The second kappa shape index (κ2) is 3.55. The van der Waals surface area contributed by atoms with Crippen LogP contribution in [0, 0.1) is 0 Å². The molecule has 0 bridgehead atoms. The smallest absolute Gasteiger partial charge is 0.423 e. The minimum atomic E-state index is -0.900. The molecule has 1 atom stereocenters. The van der Waals surface area contributed by atoms with Crippen molar-refractivity contribution >= 4 is 24.2 Å². The quantitative estimate of drug-likeness (QED) is 0.671. The molecule has 0 saturated carbocycles. The lowest BCUT2D eigenvalue weighted by Gasteiger charge is -2.10. The number of hydrogen-bond acceptors (Lipinski definition) is 3. The van der Waals surface area contributed by atoms with E-state index in [1.54, 1.807) is 12.1 Å². The monoisotopic (exact) mass is 212 g/mol. The predicted octanol–water partition coefficient (Wildman–Crippen LogP) is 0.611. The standard InChI is InChI=1S/C9H10BClO3/c1-5-9-6(4-12)8(11)3-2-7(9)10(13)14-5/h2-3,5,12-13H,4H2,1H3. The van der Waals surface area contributed by atoms with Crippen molar-refractivity contribution in [3.8, 4) is 0 Å². The summed E-state index contributed by atoms with van der Waals surface area (Å²) in [6.45, 7) is 1.69. The average Bonchev–Trinajstić information content (AvgIpc) is 2.43. The molecule has 5 heteroatoms. The van der Waals surface area contributed by atoms with Crippen LogP contribution in [0.1, 0.15) is 24.2 Å². The van der Waals surface area contributed by atoms with Gasteiger partial charge in [0.1, 0.15) is 0 Å². The van der Waals surface area contributed by atoms with Crippen LogP contribution in [0.3, 0.4) is 0 Å². The van der Waals surface area contributed by atoms with E-state index in [4.69, 9.17) is 21.4 Å². The van der Waals surface area contributed by atoms with Gasteiger partial charge in [-0.05, 0) is 24.0 Å². The van der Waals surface area contributed by atoms with Gasteiger partial charge in [-0.25, -0.2) is 0 Å². The van der Waals surface area contributed by atoms with Crippen LogP contribution in [0.15, 0.2) is 12.1 Å². The Balaban J connectivity index is 2.62. The van der Waals surface area contributed by atoms with Gasteiger partial charge in [-0.3, -0.25) is 0 Å². The maximum atomic E-state index is 9.52. The fourth-order valence-corrected chi connectivity index (χ4v) is 2.07. The minimum Gasteiger partial charge on any atom is -0.423 e. The molecule has 1 aromatic rings. The second-order valence-corrected chi connectivity index (χ2v) is 3.72. The van der Waals surface area contributed by atoms with E-state index >= 15 is 0 Å². The van der Waals surface area contributed by atoms with Crippen molar-refractivity contribution in [2.75, 3.05) is 0 Å². The van der Waals surface area contributed by atoms with E-state index in [2.05, 4.69) is 0 Å². The Kier molecular flexibility index (Phi) is 2.53. The van der Waals surface area contributed by atoms with Crippen molar-refractivity contribution in [3.63, 3.8) is 0 Å². The summed E-state index contributed by atoms with van der Waals surface area (Å²) in [6.07, 6.45) is -0.221. The number of aliphatic hydroxyl groups is 1. The topological polar surface area (TPSA) is 49.7 Å². The summed E-state index contributed by atoms with van der Waals surface area (Å²) in [5.41, 5.74) is 2.16. The Hall–Kier alpha value is -0.545. The van der Waals surface area contributed by atoms with Crippen molar-refractivity contribution in [2.45, 2.75) is 19.6 Å². The summed E-state index contributed by atoms with van der Waals surface area (Å²) in [4.78, 5) is 0. The number of rotatable bonds is 1. The van der Waals surface area contributed by atoms with Gasteiger partial charge in [-0.1, -0.05) is 17.7 Å². The third-order valence-corrected chi connectivity index (χ3v) is 2.85. The van der Waals surface area contributed by atoms with E-state index < -0.39 is 7.12 Å². The summed E-state index contributed by atoms with van der Waals surface area (Å²) in [5.74, 6) is 0. The molecule has 0 spiro atoms. The van der Waals surface area contributed by atoms with E-state index in [-0.39, 0.29) is 12.7 Å². The summed E-state index contributed by atoms with van der Waals surface area (Å²) in [5, 5.41) is 19.2. The molecule has 0 amide bonds. The molecular formula is C9H10BClO3. The van der Waals surface area contributed by atoms with Crippen molar-refractivity contribution in [1.82, 2.24) is 0 Å². The molecule has 74 valence electrons. The molecule has 0 aliphatic carbocycles. The lowest BCUT2D eigenvalue weighted by molar-refractivity contribution is 0.204. The van der Waals surface area contributed by atoms with Gasteiger partial charge in [-0.15, -0.1) is 0 Å². The molecule has 1 aliphatic rings. The molecule has 14 heavy (non-hydrogen) atoms. The highest BCUT2D eigenvalue weighted by atomic mass is 35.5. The molecule has 2 rings (SSSR count). The summed E-state index contributed by atoms with van der Waals surface area (Å²) < 4.78 is 5.21. The van der Waals surface area contributed by atoms with E-state index in [0.717, 1.165) is 5.56 Å². The first kappa shape index (κ1) is 9.99. The Morgan fingerprint density at radius 1 is 1.57 bits per heavy atom. The highest BCUT2D eigenvalue weighted by Gasteiger charge is 2.34.